The molecule has 0 aromatic heterocycles. The summed E-state index contributed by atoms with van der Waals surface area (Å²) in [6.45, 7) is 3.75. The van der Waals surface area contributed by atoms with Crippen molar-refractivity contribution in [3.8, 4) is 0 Å². The molecule has 1 aliphatic heterocycles. The summed E-state index contributed by atoms with van der Waals surface area (Å²) in [5.74, 6) is -0.290. The molecule has 1 fully saturated rings. The molecule has 3 rings (SSSR count). The molecular weight excluding hydrogens is 362 g/mol. The SMILES string of the molecule is O=C(c1ccc(Cl)cc1Cl)N1CCCN(Cc2ccc(F)cc2)CC1. The zero-order chi connectivity index (χ0) is 17.8. The number of hydrogen-bond donors (Lipinski definition) is 0. The first-order valence-corrected chi connectivity index (χ1v) is 8.99. The second-order valence-electron chi connectivity index (χ2n) is 6.17. The molecule has 25 heavy (non-hydrogen) atoms. The lowest BCUT2D eigenvalue weighted by molar-refractivity contribution is 0.0761. The first-order chi connectivity index (χ1) is 12.0. The maximum Gasteiger partial charge on any atom is 0.255 e. The number of halogens is 3. The molecule has 2 aromatic carbocycles. The minimum absolute atomic E-state index is 0.0645. The van der Waals surface area contributed by atoms with Crippen LogP contribution in [0.4, 0.5) is 4.39 Å². The quantitative estimate of drug-likeness (QED) is 0.783. The number of benzene rings is 2. The monoisotopic (exact) mass is 380 g/mol. The second-order valence-corrected chi connectivity index (χ2v) is 7.02. The fraction of sp³-hybridized carbons (Fsp3) is 0.316. The number of carbonyl (C=O) groups is 1. The summed E-state index contributed by atoms with van der Waals surface area (Å²) in [4.78, 5) is 16.8. The van der Waals surface area contributed by atoms with E-state index in [4.69, 9.17) is 23.2 Å². The lowest BCUT2D eigenvalue weighted by Gasteiger charge is -2.22. The van der Waals surface area contributed by atoms with Gasteiger partial charge in [-0.05, 0) is 42.3 Å². The lowest BCUT2D eigenvalue weighted by atomic mass is 10.2. The van der Waals surface area contributed by atoms with Crippen LogP contribution in [0.15, 0.2) is 42.5 Å². The average Bonchev–Trinajstić information content (AvgIpc) is 2.82. The zero-order valence-electron chi connectivity index (χ0n) is 13.7. The average molecular weight is 381 g/mol. The highest BCUT2D eigenvalue weighted by atomic mass is 35.5. The van der Waals surface area contributed by atoms with Crippen LogP contribution in [-0.4, -0.2) is 41.9 Å². The van der Waals surface area contributed by atoms with E-state index in [1.807, 2.05) is 4.90 Å². The molecule has 132 valence electrons. The van der Waals surface area contributed by atoms with E-state index in [1.54, 1.807) is 30.3 Å². The van der Waals surface area contributed by atoms with E-state index in [2.05, 4.69) is 4.90 Å². The van der Waals surface area contributed by atoms with Crippen molar-refractivity contribution in [1.29, 1.82) is 0 Å². The van der Waals surface area contributed by atoms with E-state index in [-0.39, 0.29) is 11.7 Å². The Bertz CT molecular complexity index is 752. The summed E-state index contributed by atoms with van der Waals surface area (Å²) in [5, 5.41) is 0.896. The highest BCUT2D eigenvalue weighted by molar-refractivity contribution is 6.36. The molecular formula is C19H19Cl2FN2O. The lowest BCUT2D eigenvalue weighted by Crippen LogP contribution is -2.35. The Labute approximate surface area is 156 Å². The van der Waals surface area contributed by atoms with Crippen LogP contribution in [0.25, 0.3) is 0 Å². The van der Waals surface area contributed by atoms with Crippen LogP contribution in [0, 0.1) is 5.82 Å². The van der Waals surface area contributed by atoms with Crippen LogP contribution in [0.1, 0.15) is 22.3 Å². The van der Waals surface area contributed by atoms with Gasteiger partial charge >= 0.3 is 0 Å². The van der Waals surface area contributed by atoms with Crippen LogP contribution in [0.3, 0.4) is 0 Å². The van der Waals surface area contributed by atoms with Crippen molar-refractivity contribution in [3.63, 3.8) is 0 Å². The van der Waals surface area contributed by atoms with E-state index >= 15 is 0 Å². The molecule has 1 aliphatic rings. The van der Waals surface area contributed by atoms with E-state index in [0.29, 0.717) is 28.7 Å². The first kappa shape index (κ1) is 18.2. The molecule has 2 aromatic rings. The first-order valence-electron chi connectivity index (χ1n) is 8.24. The van der Waals surface area contributed by atoms with Gasteiger partial charge in [0.2, 0.25) is 0 Å². The predicted octanol–water partition coefficient (Wildman–Crippen LogP) is 4.48. The van der Waals surface area contributed by atoms with Gasteiger partial charge < -0.3 is 4.90 Å². The van der Waals surface area contributed by atoms with Gasteiger partial charge in [-0.15, -0.1) is 0 Å². The minimum Gasteiger partial charge on any atom is -0.337 e. The molecule has 0 saturated carbocycles. The fourth-order valence-corrected chi connectivity index (χ4v) is 3.50. The Balaban J connectivity index is 1.62. The molecule has 0 unspecified atom stereocenters. The molecule has 0 atom stereocenters. The van der Waals surface area contributed by atoms with Crippen LogP contribution < -0.4 is 0 Å². The summed E-state index contributed by atoms with van der Waals surface area (Å²) in [6.07, 6.45) is 0.887. The van der Waals surface area contributed by atoms with E-state index < -0.39 is 0 Å². The van der Waals surface area contributed by atoms with Crippen LogP contribution in [-0.2, 0) is 6.54 Å². The highest BCUT2D eigenvalue weighted by Gasteiger charge is 2.22. The topological polar surface area (TPSA) is 23.6 Å². The standard InChI is InChI=1S/C19H19Cl2FN2O/c20-15-4-7-17(18(21)12-15)19(25)24-9-1-8-23(10-11-24)13-14-2-5-16(22)6-3-14/h2-7,12H,1,8-11,13H2. The minimum atomic E-state index is -0.226. The molecule has 0 N–H and O–H groups in total. The molecule has 0 bridgehead atoms. The van der Waals surface area contributed by atoms with Gasteiger partial charge in [0.05, 0.1) is 10.6 Å². The van der Waals surface area contributed by atoms with Crippen molar-refractivity contribution in [2.24, 2.45) is 0 Å². The van der Waals surface area contributed by atoms with E-state index in [1.165, 1.54) is 12.1 Å². The normalized spacial score (nSPS) is 15.9. The van der Waals surface area contributed by atoms with Gasteiger partial charge in [-0.25, -0.2) is 4.39 Å². The molecule has 0 radical (unpaired) electrons. The molecule has 3 nitrogen and oxygen atoms in total. The summed E-state index contributed by atoms with van der Waals surface area (Å²) in [6, 6.07) is 11.5. The third-order valence-corrected chi connectivity index (χ3v) is 4.90. The van der Waals surface area contributed by atoms with E-state index in [0.717, 1.165) is 31.6 Å². The molecule has 1 amide bonds. The van der Waals surface area contributed by atoms with Gasteiger partial charge in [-0.2, -0.15) is 0 Å². The van der Waals surface area contributed by atoms with Crippen molar-refractivity contribution in [1.82, 2.24) is 9.80 Å². The van der Waals surface area contributed by atoms with Crippen molar-refractivity contribution in [3.05, 3.63) is 69.5 Å². The number of amides is 1. The number of carbonyl (C=O) groups excluding carboxylic acids is 1. The van der Waals surface area contributed by atoms with Crippen molar-refractivity contribution in [2.75, 3.05) is 26.2 Å². The van der Waals surface area contributed by atoms with Crippen LogP contribution >= 0.6 is 23.2 Å². The molecule has 0 spiro atoms. The summed E-state index contributed by atoms with van der Waals surface area (Å²) in [5.41, 5.74) is 1.56. The van der Waals surface area contributed by atoms with Crippen molar-refractivity contribution >= 4 is 29.1 Å². The Morgan fingerprint density at radius 2 is 1.76 bits per heavy atom. The fourth-order valence-electron chi connectivity index (χ4n) is 3.01. The number of nitrogens with zero attached hydrogens (tertiary/aromatic N) is 2. The second kappa shape index (κ2) is 8.17. The summed E-state index contributed by atoms with van der Waals surface area (Å²) >= 11 is 12.1. The largest absolute Gasteiger partial charge is 0.337 e. The van der Waals surface area contributed by atoms with Crippen LogP contribution in [0.2, 0.25) is 10.0 Å². The van der Waals surface area contributed by atoms with Gasteiger partial charge in [-0.3, -0.25) is 9.69 Å². The third kappa shape index (κ3) is 4.72. The Morgan fingerprint density at radius 3 is 2.48 bits per heavy atom. The Kier molecular flexibility index (Phi) is 5.94. The van der Waals surface area contributed by atoms with E-state index in [9.17, 15) is 9.18 Å². The maximum atomic E-state index is 13.0. The molecule has 6 heteroatoms. The Hall–Kier alpha value is -1.62. The van der Waals surface area contributed by atoms with Crippen LogP contribution in [0.5, 0.6) is 0 Å². The molecule has 0 aliphatic carbocycles. The van der Waals surface area contributed by atoms with Crippen molar-refractivity contribution < 1.29 is 9.18 Å². The smallest absolute Gasteiger partial charge is 0.255 e. The molecule has 1 saturated heterocycles. The van der Waals surface area contributed by atoms with Gasteiger partial charge in [0.25, 0.3) is 5.91 Å². The summed E-state index contributed by atoms with van der Waals surface area (Å²) in [7, 11) is 0. The predicted molar refractivity (Wildman–Crippen MR) is 98.7 cm³/mol. The van der Waals surface area contributed by atoms with Gasteiger partial charge in [0.1, 0.15) is 5.82 Å². The number of hydrogen-bond acceptors (Lipinski definition) is 2. The third-order valence-electron chi connectivity index (χ3n) is 4.36. The highest BCUT2D eigenvalue weighted by Crippen LogP contribution is 2.23. The van der Waals surface area contributed by atoms with Gasteiger partial charge in [0.15, 0.2) is 0 Å². The number of rotatable bonds is 3. The molecule has 1 heterocycles. The Morgan fingerprint density at radius 1 is 1.00 bits per heavy atom. The van der Waals surface area contributed by atoms with Crippen molar-refractivity contribution in [2.45, 2.75) is 13.0 Å². The summed E-state index contributed by atoms with van der Waals surface area (Å²) < 4.78 is 13.0. The zero-order valence-corrected chi connectivity index (χ0v) is 15.2. The van der Waals surface area contributed by atoms with Gasteiger partial charge in [-0.1, -0.05) is 35.3 Å². The van der Waals surface area contributed by atoms with Gasteiger partial charge in [0, 0.05) is 37.7 Å². The maximum absolute atomic E-state index is 13.0.